The van der Waals surface area contributed by atoms with Crippen LogP contribution in [0.4, 0.5) is 0 Å². The molecule has 0 aromatic rings. The SMILES string of the molecule is CCCCC(SC)C(=O)N(C)CN=O. The van der Waals surface area contributed by atoms with Gasteiger partial charge in [0.25, 0.3) is 0 Å². The molecule has 82 valence electrons. The first-order chi connectivity index (χ1) is 6.67. The molecule has 0 bridgehead atoms. The topological polar surface area (TPSA) is 49.7 Å². The van der Waals surface area contributed by atoms with Gasteiger partial charge in [0.2, 0.25) is 5.91 Å². The molecule has 5 heteroatoms. The first-order valence-corrected chi connectivity index (χ1v) is 6.03. The third-order valence-corrected chi connectivity index (χ3v) is 3.03. The molecule has 0 aliphatic rings. The number of carbonyl (C=O) groups excluding carboxylic acids is 1. The lowest BCUT2D eigenvalue weighted by Gasteiger charge is -2.19. The predicted molar refractivity (Wildman–Crippen MR) is 60.3 cm³/mol. The highest BCUT2D eigenvalue weighted by Gasteiger charge is 2.20. The van der Waals surface area contributed by atoms with E-state index in [1.54, 1.807) is 7.05 Å². The number of nitroso groups, excluding NO2 is 1. The Hall–Kier alpha value is -0.580. The van der Waals surface area contributed by atoms with Crippen molar-refractivity contribution in [2.45, 2.75) is 31.4 Å². The van der Waals surface area contributed by atoms with Crippen molar-refractivity contribution in [3.05, 3.63) is 4.91 Å². The van der Waals surface area contributed by atoms with Gasteiger partial charge in [-0.15, -0.1) is 4.91 Å². The molecule has 0 rings (SSSR count). The average molecular weight is 218 g/mol. The van der Waals surface area contributed by atoms with Crippen molar-refractivity contribution in [2.24, 2.45) is 5.18 Å². The Labute approximate surface area is 89.4 Å². The molecule has 0 radical (unpaired) electrons. The fraction of sp³-hybridized carbons (Fsp3) is 0.889. The molecule has 1 unspecified atom stereocenters. The summed E-state index contributed by atoms with van der Waals surface area (Å²) in [6, 6.07) is 0. The van der Waals surface area contributed by atoms with Gasteiger partial charge in [0.15, 0.2) is 6.67 Å². The van der Waals surface area contributed by atoms with Crippen LogP contribution in [0, 0.1) is 4.91 Å². The molecule has 0 spiro atoms. The highest BCUT2D eigenvalue weighted by atomic mass is 32.2. The summed E-state index contributed by atoms with van der Waals surface area (Å²) in [5, 5.41) is 2.67. The van der Waals surface area contributed by atoms with Crippen molar-refractivity contribution in [2.75, 3.05) is 20.0 Å². The molecule has 0 saturated carbocycles. The monoisotopic (exact) mass is 218 g/mol. The van der Waals surface area contributed by atoms with E-state index in [-0.39, 0.29) is 17.8 Å². The lowest BCUT2D eigenvalue weighted by molar-refractivity contribution is -0.129. The van der Waals surface area contributed by atoms with Gasteiger partial charge in [0.1, 0.15) is 0 Å². The van der Waals surface area contributed by atoms with Crippen molar-refractivity contribution < 1.29 is 4.79 Å². The van der Waals surface area contributed by atoms with Crippen LogP contribution in [0.2, 0.25) is 0 Å². The van der Waals surface area contributed by atoms with Crippen molar-refractivity contribution in [1.29, 1.82) is 0 Å². The summed E-state index contributed by atoms with van der Waals surface area (Å²) in [5.41, 5.74) is 0. The number of carbonyl (C=O) groups is 1. The van der Waals surface area contributed by atoms with Gasteiger partial charge in [-0.2, -0.15) is 11.8 Å². The van der Waals surface area contributed by atoms with E-state index in [1.807, 2.05) is 6.26 Å². The second kappa shape index (κ2) is 7.79. The molecule has 0 fully saturated rings. The molecule has 0 N–H and O–H groups in total. The van der Waals surface area contributed by atoms with Gasteiger partial charge in [0, 0.05) is 7.05 Å². The van der Waals surface area contributed by atoms with E-state index in [0.717, 1.165) is 19.3 Å². The summed E-state index contributed by atoms with van der Waals surface area (Å²) in [6.07, 6.45) is 4.92. The summed E-state index contributed by atoms with van der Waals surface area (Å²) >= 11 is 1.54. The molecule has 0 aromatic heterocycles. The van der Waals surface area contributed by atoms with Crippen LogP contribution in [0.5, 0.6) is 0 Å². The zero-order chi connectivity index (χ0) is 11.0. The molecule has 1 atom stereocenters. The van der Waals surface area contributed by atoms with Crippen LogP contribution in [-0.4, -0.2) is 36.0 Å². The maximum absolute atomic E-state index is 11.7. The summed E-state index contributed by atoms with van der Waals surface area (Å²) in [5.74, 6) is 0.00514. The number of thioether (sulfide) groups is 1. The summed E-state index contributed by atoms with van der Waals surface area (Å²) in [6.45, 7) is 2.04. The lowest BCUT2D eigenvalue weighted by Crippen LogP contribution is -2.34. The Morgan fingerprint density at radius 3 is 2.64 bits per heavy atom. The molecule has 0 aromatic carbocycles. The van der Waals surface area contributed by atoms with Crippen LogP contribution in [-0.2, 0) is 4.79 Å². The van der Waals surface area contributed by atoms with Crippen molar-refractivity contribution in [1.82, 2.24) is 4.90 Å². The first-order valence-electron chi connectivity index (χ1n) is 4.74. The van der Waals surface area contributed by atoms with E-state index in [4.69, 9.17) is 0 Å². The highest BCUT2D eigenvalue weighted by molar-refractivity contribution is 7.99. The summed E-state index contributed by atoms with van der Waals surface area (Å²) < 4.78 is 0. The van der Waals surface area contributed by atoms with Gasteiger partial charge in [-0.3, -0.25) is 4.79 Å². The standard InChI is InChI=1S/C9H18N2O2S/c1-4-5-6-8(14-3)9(12)11(2)7-10-13/h8H,4-7H2,1-3H3. The maximum atomic E-state index is 11.7. The zero-order valence-corrected chi connectivity index (χ0v) is 9.84. The van der Waals surface area contributed by atoms with Gasteiger partial charge in [-0.1, -0.05) is 19.8 Å². The van der Waals surface area contributed by atoms with Gasteiger partial charge >= 0.3 is 0 Å². The van der Waals surface area contributed by atoms with Gasteiger partial charge < -0.3 is 4.90 Å². The van der Waals surface area contributed by atoms with E-state index < -0.39 is 0 Å². The molecular weight excluding hydrogens is 200 g/mol. The fourth-order valence-electron chi connectivity index (χ4n) is 1.13. The number of unbranched alkanes of at least 4 members (excludes halogenated alkanes) is 1. The minimum absolute atomic E-state index is 0.00514. The number of hydrogen-bond acceptors (Lipinski definition) is 4. The van der Waals surface area contributed by atoms with Gasteiger partial charge in [0.05, 0.1) is 5.25 Å². The molecule has 0 aliphatic heterocycles. The Kier molecular flexibility index (Phi) is 7.47. The molecule has 1 amide bonds. The number of rotatable bonds is 7. The van der Waals surface area contributed by atoms with Crippen molar-refractivity contribution in [3.8, 4) is 0 Å². The molecule has 0 saturated heterocycles. The molecule has 4 nitrogen and oxygen atoms in total. The van der Waals surface area contributed by atoms with Crippen molar-refractivity contribution in [3.63, 3.8) is 0 Å². The minimum atomic E-state index is -0.0536. The van der Waals surface area contributed by atoms with Crippen LogP contribution < -0.4 is 0 Å². The fourth-order valence-corrected chi connectivity index (χ4v) is 1.92. The van der Waals surface area contributed by atoms with Gasteiger partial charge in [-0.05, 0) is 17.9 Å². The van der Waals surface area contributed by atoms with E-state index in [9.17, 15) is 9.70 Å². The minimum Gasteiger partial charge on any atom is -0.322 e. The average Bonchev–Trinajstić information content (AvgIpc) is 2.19. The Balaban J connectivity index is 4.07. The maximum Gasteiger partial charge on any atom is 0.236 e. The summed E-state index contributed by atoms with van der Waals surface area (Å²) in [7, 11) is 1.61. The summed E-state index contributed by atoms with van der Waals surface area (Å²) in [4.78, 5) is 23.0. The first kappa shape index (κ1) is 13.4. The zero-order valence-electron chi connectivity index (χ0n) is 9.02. The molecule has 14 heavy (non-hydrogen) atoms. The largest absolute Gasteiger partial charge is 0.322 e. The Morgan fingerprint density at radius 1 is 1.57 bits per heavy atom. The van der Waals surface area contributed by atoms with Crippen LogP contribution >= 0.6 is 11.8 Å². The quantitative estimate of drug-likeness (QED) is 0.615. The van der Waals surface area contributed by atoms with Crippen LogP contribution in [0.1, 0.15) is 26.2 Å². The number of hydrogen-bond donors (Lipinski definition) is 0. The molecule has 0 aliphatic carbocycles. The number of nitrogens with zero attached hydrogens (tertiary/aromatic N) is 2. The molecule has 0 heterocycles. The normalized spacial score (nSPS) is 12.2. The van der Waals surface area contributed by atoms with Crippen LogP contribution in [0.25, 0.3) is 0 Å². The van der Waals surface area contributed by atoms with E-state index >= 15 is 0 Å². The Bertz CT molecular complexity index is 188. The van der Waals surface area contributed by atoms with Crippen molar-refractivity contribution >= 4 is 17.7 Å². The van der Waals surface area contributed by atoms with Gasteiger partial charge in [-0.25, -0.2) is 0 Å². The van der Waals surface area contributed by atoms with Crippen LogP contribution in [0.15, 0.2) is 5.18 Å². The second-order valence-electron chi connectivity index (χ2n) is 3.17. The third kappa shape index (κ3) is 4.60. The number of amides is 1. The van der Waals surface area contributed by atoms with E-state index in [0.29, 0.717) is 0 Å². The lowest BCUT2D eigenvalue weighted by atomic mass is 10.2. The third-order valence-electron chi connectivity index (χ3n) is 2.03. The van der Waals surface area contributed by atoms with E-state index in [2.05, 4.69) is 12.1 Å². The smallest absolute Gasteiger partial charge is 0.236 e. The second-order valence-corrected chi connectivity index (χ2v) is 4.21. The Morgan fingerprint density at radius 2 is 2.21 bits per heavy atom. The van der Waals surface area contributed by atoms with Crippen LogP contribution in [0.3, 0.4) is 0 Å². The molecular formula is C9H18N2O2S. The highest BCUT2D eigenvalue weighted by Crippen LogP contribution is 2.16. The predicted octanol–water partition coefficient (Wildman–Crippen LogP) is 2.09. The van der Waals surface area contributed by atoms with E-state index in [1.165, 1.54) is 16.7 Å².